The lowest BCUT2D eigenvalue weighted by molar-refractivity contribution is -0.121. The van der Waals surface area contributed by atoms with Gasteiger partial charge >= 0.3 is 0 Å². The fourth-order valence-electron chi connectivity index (χ4n) is 2.07. The maximum atomic E-state index is 11.6. The minimum atomic E-state index is 0.160. The second-order valence-corrected chi connectivity index (χ2v) is 4.96. The molecule has 0 aromatic heterocycles. The zero-order valence-electron chi connectivity index (χ0n) is 10.00. The quantitative estimate of drug-likeness (QED) is 0.700. The van der Waals surface area contributed by atoms with Crippen LogP contribution in [0.1, 0.15) is 32.6 Å². The summed E-state index contributed by atoms with van der Waals surface area (Å²) in [7, 11) is 0. The van der Waals surface area contributed by atoms with Crippen molar-refractivity contribution < 1.29 is 9.53 Å². The minimum absolute atomic E-state index is 0.160. The van der Waals surface area contributed by atoms with Gasteiger partial charge in [0.15, 0.2) is 0 Å². The number of amides is 1. The molecule has 1 amide bonds. The summed E-state index contributed by atoms with van der Waals surface area (Å²) in [6.45, 7) is 4.52. The van der Waals surface area contributed by atoms with Gasteiger partial charge in [-0.3, -0.25) is 4.79 Å². The molecule has 2 fully saturated rings. The number of hydrogen-bond donors (Lipinski definition) is 2. The Balaban J connectivity index is 1.57. The lowest BCUT2D eigenvalue weighted by atomic mass is 10.0. The Bertz CT molecular complexity index is 235. The molecule has 0 aromatic rings. The van der Waals surface area contributed by atoms with Crippen molar-refractivity contribution in [2.24, 2.45) is 5.92 Å². The van der Waals surface area contributed by atoms with Crippen LogP contribution in [0.5, 0.6) is 0 Å². The van der Waals surface area contributed by atoms with Crippen molar-refractivity contribution in [1.82, 2.24) is 10.6 Å². The molecule has 2 N–H and O–H groups in total. The molecule has 1 saturated heterocycles. The number of carbonyl (C=O) groups is 1. The molecule has 0 radical (unpaired) electrons. The zero-order chi connectivity index (χ0) is 11.4. The Hall–Kier alpha value is -0.610. The van der Waals surface area contributed by atoms with E-state index in [9.17, 15) is 4.79 Å². The SMILES string of the molecule is CC(NC(=O)CCNC1CC1)C1CCOC1. The molecular formula is C12H22N2O2. The van der Waals surface area contributed by atoms with E-state index in [0.717, 1.165) is 26.2 Å². The first-order valence-electron chi connectivity index (χ1n) is 6.36. The second-order valence-electron chi connectivity index (χ2n) is 4.96. The predicted molar refractivity (Wildman–Crippen MR) is 62.2 cm³/mol. The first-order valence-corrected chi connectivity index (χ1v) is 6.36. The predicted octanol–water partition coefficient (Wildman–Crippen LogP) is 0.670. The molecule has 2 unspecified atom stereocenters. The van der Waals surface area contributed by atoms with Crippen molar-refractivity contribution in [3.8, 4) is 0 Å². The van der Waals surface area contributed by atoms with Gasteiger partial charge in [0.25, 0.3) is 0 Å². The largest absolute Gasteiger partial charge is 0.381 e. The molecule has 4 heteroatoms. The molecule has 1 heterocycles. The number of hydrogen-bond acceptors (Lipinski definition) is 3. The number of carbonyl (C=O) groups excluding carboxylic acids is 1. The van der Waals surface area contributed by atoms with Crippen LogP contribution in [0.2, 0.25) is 0 Å². The Morgan fingerprint density at radius 1 is 1.44 bits per heavy atom. The first kappa shape index (κ1) is 11.9. The van der Waals surface area contributed by atoms with E-state index in [2.05, 4.69) is 17.6 Å². The Morgan fingerprint density at radius 2 is 2.25 bits per heavy atom. The van der Waals surface area contributed by atoms with E-state index in [0.29, 0.717) is 18.4 Å². The van der Waals surface area contributed by atoms with Crippen LogP contribution in [0, 0.1) is 5.92 Å². The van der Waals surface area contributed by atoms with E-state index in [1.807, 2.05) is 0 Å². The van der Waals surface area contributed by atoms with Crippen molar-refractivity contribution in [2.75, 3.05) is 19.8 Å². The summed E-state index contributed by atoms with van der Waals surface area (Å²) in [5.41, 5.74) is 0. The topological polar surface area (TPSA) is 50.4 Å². The van der Waals surface area contributed by atoms with Crippen molar-refractivity contribution in [2.45, 2.75) is 44.7 Å². The van der Waals surface area contributed by atoms with Crippen LogP contribution in [-0.2, 0) is 9.53 Å². The molecule has 0 spiro atoms. The molecule has 0 aromatic carbocycles. The summed E-state index contributed by atoms with van der Waals surface area (Å²) >= 11 is 0. The highest BCUT2D eigenvalue weighted by molar-refractivity contribution is 5.76. The molecule has 1 saturated carbocycles. The lowest BCUT2D eigenvalue weighted by Crippen LogP contribution is -2.39. The summed E-state index contributed by atoms with van der Waals surface area (Å²) < 4.78 is 5.32. The minimum Gasteiger partial charge on any atom is -0.381 e. The molecule has 0 bridgehead atoms. The molecule has 2 rings (SSSR count). The van der Waals surface area contributed by atoms with Crippen molar-refractivity contribution in [3.05, 3.63) is 0 Å². The highest BCUT2D eigenvalue weighted by Gasteiger charge is 2.24. The molecule has 92 valence electrons. The van der Waals surface area contributed by atoms with Gasteiger partial charge in [-0.05, 0) is 26.2 Å². The van der Waals surface area contributed by atoms with E-state index in [-0.39, 0.29) is 11.9 Å². The molecule has 1 aliphatic carbocycles. The molecule has 1 aliphatic heterocycles. The monoisotopic (exact) mass is 226 g/mol. The van der Waals surface area contributed by atoms with Crippen molar-refractivity contribution in [1.29, 1.82) is 0 Å². The van der Waals surface area contributed by atoms with Crippen LogP contribution in [0.3, 0.4) is 0 Å². The Kier molecular flexibility index (Phi) is 4.18. The maximum absolute atomic E-state index is 11.6. The Morgan fingerprint density at radius 3 is 2.88 bits per heavy atom. The third-order valence-corrected chi connectivity index (χ3v) is 3.42. The summed E-state index contributed by atoms with van der Waals surface area (Å²) in [6.07, 6.45) is 4.21. The van der Waals surface area contributed by atoms with E-state index in [4.69, 9.17) is 4.74 Å². The zero-order valence-corrected chi connectivity index (χ0v) is 10.00. The van der Waals surface area contributed by atoms with Gasteiger partial charge in [-0.25, -0.2) is 0 Å². The number of nitrogens with one attached hydrogen (secondary N) is 2. The number of ether oxygens (including phenoxy) is 1. The summed E-state index contributed by atoms with van der Waals surface area (Å²) in [4.78, 5) is 11.6. The van der Waals surface area contributed by atoms with Gasteiger partial charge < -0.3 is 15.4 Å². The van der Waals surface area contributed by atoms with Crippen LogP contribution in [0.4, 0.5) is 0 Å². The van der Waals surface area contributed by atoms with Gasteiger partial charge in [-0.15, -0.1) is 0 Å². The average molecular weight is 226 g/mol. The van der Waals surface area contributed by atoms with E-state index < -0.39 is 0 Å². The van der Waals surface area contributed by atoms with Crippen LogP contribution in [-0.4, -0.2) is 37.7 Å². The van der Waals surface area contributed by atoms with Gasteiger partial charge in [0.1, 0.15) is 0 Å². The van der Waals surface area contributed by atoms with Gasteiger partial charge in [0.2, 0.25) is 5.91 Å². The smallest absolute Gasteiger partial charge is 0.221 e. The highest BCUT2D eigenvalue weighted by Crippen LogP contribution is 2.18. The van der Waals surface area contributed by atoms with Crippen LogP contribution >= 0.6 is 0 Å². The molecule has 16 heavy (non-hydrogen) atoms. The van der Waals surface area contributed by atoms with Gasteiger partial charge in [-0.2, -0.15) is 0 Å². The fourth-order valence-corrected chi connectivity index (χ4v) is 2.07. The number of rotatable bonds is 6. The van der Waals surface area contributed by atoms with Crippen molar-refractivity contribution in [3.63, 3.8) is 0 Å². The lowest BCUT2D eigenvalue weighted by Gasteiger charge is -2.19. The molecule has 4 nitrogen and oxygen atoms in total. The van der Waals surface area contributed by atoms with Gasteiger partial charge in [0.05, 0.1) is 6.61 Å². The molecule has 2 aliphatic rings. The summed E-state index contributed by atoms with van der Waals surface area (Å²) in [5, 5.41) is 6.40. The average Bonchev–Trinajstić information content (AvgIpc) is 2.91. The van der Waals surface area contributed by atoms with Crippen LogP contribution in [0.25, 0.3) is 0 Å². The van der Waals surface area contributed by atoms with Crippen LogP contribution in [0.15, 0.2) is 0 Å². The third kappa shape index (κ3) is 3.76. The molecular weight excluding hydrogens is 204 g/mol. The summed E-state index contributed by atoms with van der Waals surface area (Å²) in [5.74, 6) is 0.660. The van der Waals surface area contributed by atoms with E-state index in [1.165, 1.54) is 12.8 Å². The summed E-state index contributed by atoms with van der Waals surface area (Å²) in [6, 6.07) is 0.935. The third-order valence-electron chi connectivity index (χ3n) is 3.42. The molecule has 2 atom stereocenters. The van der Waals surface area contributed by atoms with E-state index >= 15 is 0 Å². The second kappa shape index (κ2) is 5.64. The van der Waals surface area contributed by atoms with Gasteiger partial charge in [0, 0.05) is 37.6 Å². The van der Waals surface area contributed by atoms with Gasteiger partial charge in [-0.1, -0.05) is 0 Å². The van der Waals surface area contributed by atoms with Crippen LogP contribution < -0.4 is 10.6 Å². The normalized spacial score (nSPS) is 26.7. The Labute approximate surface area is 97.1 Å². The van der Waals surface area contributed by atoms with Crippen molar-refractivity contribution >= 4 is 5.91 Å². The fraction of sp³-hybridized carbons (Fsp3) is 0.917. The van der Waals surface area contributed by atoms with E-state index in [1.54, 1.807) is 0 Å². The maximum Gasteiger partial charge on any atom is 0.221 e. The standard InChI is InChI=1S/C12H22N2O2/c1-9(10-5-7-16-8-10)14-12(15)4-6-13-11-2-3-11/h9-11,13H,2-8H2,1H3,(H,14,15). The highest BCUT2D eigenvalue weighted by atomic mass is 16.5. The first-order chi connectivity index (χ1) is 7.75.